The molecule has 0 heterocycles. The highest BCUT2D eigenvalue weighted by Gasteiger charge is 2.16. The molecule has 4 N–H and O–H groups in total. The number of hydrogen-bond donors (Lipinski definition) is 2. The normalized spacial score (nSPS) is 21.1. The minimum atomic E-state index is 0. The van der Waals surface area contributed by atoms with E-state index in [0.29, 0.717) is 0 Å². The molecule has 0 saturated heterocycles. The standard InChI is InChI=1S/2C11H15N.CH4/c2*1-8-5-6-10-9(7-8)3-2-4-11(10)12;/h2*5-7,11H,2-4,12H2,1H3;1H4. The van der Waals surface area contributed by atoms with Crippen LogP contribution < -0.4 is 11.5 Å². The van der Waals surface area contributed by atoms with E-state index < -0.39 is 0 Å². The number of fused-ring (bicyclic) bond motifs is 2. The van der Waals surface area contributed by atoms with E-state index in [1.807, 2.05) is 0 Å². The van der Waals surface area contributed by atoms with Crippen LogP contribution in [-0.2, 0) is 12.8 Å². The van der Waals surface area contributed by atoms with Crippen molar-refractivity contribution in [2.24, 2.45) is 11.5 Å². The second-order valence-corrected chi connectivity index (χ2v) is 7.40. The van der Waals surface area contributed by atoms with E-state index in [1.54, 1.807) is 0 Å². The molecule has 0 saturated carbocycles. The minimum Gasteiger partial charge on any atom is -0.324 e. The van der Waals surface area contributed by atoms with Crippen molar-refractivity contribution < 1.29 is 0 Å². The SMILES string of the molecule is C.Cc1ccc2c(c1)CCCC2N.Cc1ccc2c(c1)CCCC2N. The molecule has 0 fully saturated rings. The topological polar surface area (TPSA) is 52.0 Å². The third-order valence-corrected chi connectivity index (χ3v) is 5.32. The summed E-state index contributed by atoms with van der Waals surface area (Å²) in [6.07, 6.45) is 7.22. The first-order valence-electron chi connectivity index (χ1n) is 9.24. The lowest BCUT2D eigenvalue weighted by molar-refractivity contribution is 0.570. The summed E-state index contributed by atoms with van der Waals surface area (Å²) in [5.41, 5.74) is 20.4. The Hall–Kier alpha value is -1.64. The summed E-state index contributed by atoms with van der Waals surface area (Å²) in [5.74, 6) is 0. The molecule has 2 aliphatic carbocycles. The van der Waals surface area contributed by atoms with Gasteiger partial charge in [-0.2, -0.15) is 0 Å². The van der Waals surface area contributed by atoms with Gasteiger partial charge in [-0.05, 0) is 74.6 Å². The molecule has 0 bridgehead atoms. The van der Waals surface area contributed by atoms with Gasteiger partial charge in [0.1, 0.15) is 0 Å². The second kappa shape index (κ2) is 8.64. The van der Waals surface area contributed by atoms with Gasteiger partial charge in [-0.3, -0.25) is 0 Å². The molecule has 25 heavy (non-hydrogen) atoms. The van der Waals surface area contributed by atoms with Gasteiger partial charge in [0, 0.05) is 12.1 Å². The Balaban J connectivity index is 0.000000173. The number of hydrogen-bond acceptors (Lipinski definition) is 2. The number of rotatable bonds is 0. The maximum atomic E-state index is 6.00. The van der Waals surface area contributed by atoms with Gasteiger partial charge in [0.25, 0.3) is 0 Å². The summed E-state index contributed by atoms with van der Waals surface area (Å²) in [6.45, 7) is 4.28. The van der Waals surface area contributed by atoms with E-state index in [0.717, 1.165) is 12.8 Å². The van der Waals surface area contributed by atoms with Crippen molar-refractivity contribution in [3.05, 3.63) is 69.8 Å². The number of nitrogens with two attached hydrogens (primary N) is 2. The fourth-order valence-electron chi connectivity index (χ4n) is 3.96. The van der Waals surface area contributed by atoms with Crippen LogP contribution in [0.2, 0.25) is 0 Å². The van der Waals surface area contributed by atoms with E-state index >= 15 is 0 Å². The van der Waals surface area contributed by atoms with Gasteiger partial charge in [0.15, 0.2) is 0 Å². The predicted molar refractivity (Wildman–Crippen MR) is 109 cm³/mol. The molecular formula is C23H34N2. The minimum absolute atomic E-state index is 0. The molecule has 0 aliphatic heterocycles. The van der Waals surface area contributed by atoms with Gasteiger partial charge < -0.3 is 11.5 Å². The Morgan fingerprint density at radius 1 is 0.720 bits per heavy atom. The van der Waals surface area contributed by atoms with Gasteiger partial charge in [0.2, 0.25) is 0 Å². The number of benzene rings is 2. The van der Waals surface area contributed by atoms with Crippen LogP contribution in [-0.4, -0.2) is 0 Å². The van der Waals surface area contributed by atoms with Crippen molar-refractivity contribution in [1.29, 1.82) is 0 Å². The first-order chi connectivity index (χ1) is 11.5. The fourth-order valence-corrected chi connectivity index (χ4v) is 3.96. The van der Waals surface area contributed by atoms with E-state index in [9.17, 15) is 0 Å². The largest absolute Gasteiger partial charge is 0.324 e. The predicted octanol–water partition coefficient (Wildman–Crippen LogP) is 5.30. The zero-order valence-electron chi connectivity index (χ0n) is 15.0. The lowest BCUT2D eigenvalue weighted by Gasteiger charge is -2.22. The van der Waals surface area contributed by atoms with Crippen LogP contribution in [0.4, 0.5) is 0 Å². The second-order valence-electron chi connectivity index (χ2n) is 7.40. The van der Waals surface area contributed by atoms with Gasteiger partial charge in [-0.25, -0.2) is 0 Å². The van der Waals surface area contributed by atoms with Crippen molar-refractivity contribution >= 4 is 0 Å². The first-order valence-corrected chi connectivity index (χ1v) is 9.24. The molecule has 136 valence electrons. The lowest BCUT2D eigenvalue weighted by atomic mass is 9.87. The van der Waals surface area contributed by atoms with Crippen LogP contribution in [0.1, 0.15) is 78.6 Å². The van der Waals surface area contributed by atoms with Gasteiger partial charge >= 0.3 is 0 Å². The van der Waals surface area contributed by atoms with Crippen molar-refractivity contribution in [2.45, 2.75) is 71.9 Å². The highest BCUT2D eigenvalue weighted by Crippen LogP contribution is 2.29. The smallest absolute Gasteiger partial charge is 0.0297 e. The quantitative estimate of drug-likeness (QED) is 0.685. The Labute approximate surface area is 153 Å². The van der Waals surface area contributed by atoms with E-state index in [1.165, 1.54) is 59.1 Å². The van der Waals surface area contributed by atoms with Crippen molar-refractivity contribution in [3.8, 4) is 0 Å². The molecule has 2 aliphatic rings. The number of aryl methyl sites for hydroxylation is 4. The third-order valence-electron chi connectivity index (χ3n) is 5.32. The summed E-state index contributed by atoms with van der Waals surface area (Å²) in [7, 11) is 0. The highest BCUT2D eigenvalue weighted by atomic mass is 14.6. The summed E-state index contributed by atoms with van der Waals surface area (Å²) >= 11 is 0. The van der Waals surface area contributed by atoms with Crippen molar-refractivity contribution in [2.75, 3.05) is 0 Å². The van der Waals surface area contributed by atoms with Crippen molar-refractivity contribution in [3.63, 3.8) is 0 Å². The third kappa shape index (κ3) is 4.71. The molecule has 2 heteroatoms. The maximum Gasteiger partial charge on any atom is 0.0297 e. The summed E-state index contributed by atoms with van der Waals surface area (Å²) in [6, 6.07) is 13.8. The average Bonchev–Trinajstić information content (AvgIpc) is 2.55. The van der Waals surface area contributed by atoms with Gasteiger partial charge in [0.05, 0.1) is 0 Å². The molecule has 2 unspecified atom stereocenters. The van der Waals surface area contributed by atoms with Gasteiger partial charge in [-0.15, -0.1) is 0 Å². The van der Waals surface area contributed by atoms with E-state index in [4.69, 9.17) is 11.5 Å². The summed E-state index contributed by atoms with van der Waals surface area (Å²) in [4.78, 5) is 0. The van der Waals surface area contributed by atoms with E-state index in [2.05, 4.69) is 50.2 Å². The first kappa shape index (κ1) is 19.7. The van der Waals surface area contributed by atoms with Crippen LogP contribution in [0.15, 0.2) is 36.4 Å². The van der Waals surface area contributed by atoms with Crippen LogP contribution in [0.5, 0.6) is 0 Å². The Bertz CT molecular complexity index is 644. The Morgan fingerprint density at radius 3 is 1.52 bits per heavy atom. The zero-order valence-corrected chi connectivity index (χ0v) is 15.0. The van der Waals surface area contributed by atoms with Crippen LogP contribution in [0, 0.1) is 13.8 Å². The molecule has 2 nitrogen and oxygen atoms in total. The molecule has 2 aromatic rings. The van der Waals surface area contributed by atoms with Crippen LogP contribution in [0.25, 0.3) is 0 Å². The monoisotopic (exact) mass is 338 g/mol. The highest BCUT2D eigenvalue weighted by molar-refractivity contribution is 5.36. The molecule has 0 radical (unpaired) electrons. The maximum absolute atomic E-state index is 6.00. The summed E-state index contributed by atoms with van der Waals surface area (Å²) < 4.78 is 0. The Kier molecular flexibility index (Phi) is 6.80. The lowest BCUT2D eigenvalue weighted by Crippen LogP contribution is -2.17. The molecular weight excluding hydrogens is 304 g/mol. The molecule has 4 rings (SSSR count). The summed E-state index contributed by atoms with van der Waals surface area (Å²) in [5, 5.41) is 0. The van der Waals surface area contributed by atoms with Crippen LogP contribution in [0.3, 0.4) is 0 Å². The van der Waals surface area contributed by atoms with Crippen molar-refractivity contribution in [1.82, 2.24) is 0 Å². The molecule has 0 amide bonds. The van der Waals surface area contributed by atoms with Gasteiger partial charge in [-0.1, -0.05) is 55.0 Å². The van der Waals surface area contributed by atoms with E-state index in [-0.39, 0.29) is 19.5 Å². The molecule has 0 aromatic heterocycles. The Morgan fingerprint density at radius 2 is 1.12 bits per heavy atom. The molecule has 0 spiro atoms. The molecule has 2 aromatic carbocycles. The molecule has 2 atom stereocenters. The zero-order chi connectivity index (χ0) is 17.1. The van der Waals surface area contributed by atoms with Crippen LogP contribution >= 0.6 is 0 Å². The average molecular weight is 339 g/mol. The fraction of sp³-hybridized carbons (Fsp3) is 0.478.